The number of hydrogen-bond donors (Lipinski definition) is 1. The Bertz CT molecular complexity index is 1190. The number of carbonyl (C=O) groups is 1. The predicted octanol–water partition coefficient (Wildman–Crippen LogP) is 3.41. The number of benzene rings is 2. The standard InChI is InChI=1S/C25H27ClFN5O2/c1-17(19-8-10-20(27)11-9-19)29-24(33)18(2)30-12-14-31(15-13-30)22-16-28-32(25(34)23(22)26)21-6-4-3-5-7-21/h3-11,16-18H,12-15H2,1-2H3,(H,29,33)/t17-,18+/m1/s1. The highest BCUT2D eigenvalue weighted by atomic mass is 35.5. The molecule has 2 aromatic carbocycles. The van der Waals surface area contributed by atoms with Crippen LogP contribution >= 0.6 is 11.6 Å². The molecule has 0 spiro atoms. The lowest BCUT2D eigenvalue weighted by molar-refractivity contribution is -0.126. The Labute approximate surface area is 202 Å². The van der Waals surface area contributed by atoms with E-state index in [1.165, 1.54) is 16.8 Å². The molecule has 2 atom stereocenters. The van der Waals surface area contributed by atoms with Crippen molar-refractivity contribution in [2.24, 2.45) is 0 Å². The van der Waals surface area contributed by atoms with Crippen LogP contribution in [0.15, 0.2) is 65.6 Å². The molecule has 2 heterocycles. The molecule has 1 N–H and O–H groups in total. The zero-order valence-electron chi connectivity index (χ0n) is 19.1. The molecule has 1 aromatic heterocycles. The number of hydrogen-bond acceptors (Lipinski definition) is 5. The highest BCUT2D eigenvalue weighted by molar-refractivity contribution is 6.33. The molecule has 1 amide bonds. The van der Waals surface area contributed by atoms with Gasteiger partial charge in [0.2, 0.25) is 5.91 Å². The van der Waals surface area contributed by atoms with Gasteiger partial charge in [0.25, 0.3) is 5.56 Å². The van der Waals surface area contributed by atoms with Crippen LogP contribution in [0.5, 0.6) is 0 Å². The number of anilines is 1. The second-order valence-electron chi connectivity index (χ2n) is 8.38. The summed E-state index contributed by atoms with van der Waals surface area (Å²) in [4.78, 5) is 29.7. The van der Waals surface area contributed by atoms with E-state index in [2.05, 4.69) is 15.3 Å². The molecular weight excluding hydrogens is 457 g/mol. The Morgan fingerprint density at radius 2 is 1.68 bits per heavy atom. The van der Waals surface area contributed by atoms with Gasteiger partial charge in [0.05, 0.1) is 29.7 Å². The summed E-state index contributed by atoms with van der Waals surface area (Å²) < 4.78 is 14.4. The van der Waals surface area contributed by atoms with Gasteiger partial charge in [-0.25, -0.2) is 4.39 Å². The molecule has 0 bridgehead atoms. The van der Waals surface area contributed by atoms with Crippen molar-refractivity contribution in [1.29, 1.82) is 0 Å². The molecule has 1 saturated heterocycles. The predicted molar refractivity (Wildman–Crippen MR) is 131 cm³/mol. The van der Waals surface area contributed by atoms with Crippen molar-refractivity contribution in [1.82, 2.24) is 20.0 Å². The van der Waals surface area contributed by atoms with Crippen LogP contribution in [-0.2, 0) is 4.79 Å². The lowest BCUT2D eigenvalue weighted by Crippen LogP contribution is -2.54. The Hall–Kier alpha value is -3.23. The second-order valence-corrected chi connectivity index (χ2v) is 8.76. The van der Waals surface area contributed by atoms with Gasteiger partial charge in [-0.3, -0.25) is 14.5 Å². The van der Waals surface area contributed by atoms with E-state index in [9.17, 15) is 14.0 Å². The molecule has 1 aliphatic rings. The van der Waals surface area contributed by atoms with Gasteiger partial charge in [0, 0.05) is 26.2 Å². The fraction of sp³-hybridized carbons (Fsp3) is 0.320. The number of piperazine rings is 1. The van der Waals surface area contributed by atoms with E-state index >= 15 is 0 Å². The first kappa shape index (κ1) is 23.9. The van der Waals surface area contributed by atoms with Crippen molar-refractivity contribution < 1.29 is 9.18 Å². The van der Waals surface area contributed by atoms with Crippen LogP contribution in [-0.4, -0.2) is 52.8 Å². The number of nitrogens with zero attached hydrogens (tertiary/aromatic N) is 4. The van der Waals surface area contributed by atoms with E-state index in [1.807, 2.05) is 36.9 Å². The molecule has 0 aliphatic carbocycles. The molecule has 9 heteroatoms. The molecule has 0 saturated carbocycles. The van der Waals surface area contributed by atoms with Gasteiger partial charge in [-0.2, -0.15) is 9.78 Å². The quantitative estimate of drug-likeness (QED) is 0.582. The molecule has 1 fully saturated rings. The molecule has 0 radical (unpaired) electrons. The summed E-state index contributed by atoms with van der Waals surface area (Å²) in [6, 6.07) is 14.7. The van der Waals surface area contributed by atoms with Crippen molar-refractivity contribution in [3.63, 3.8) is 0 Å². The highest BCUT2D eigenvalue weighted by Crippen LogP contribution is 2.23. The molecular formula is C25H27ClFN5O2. The summed E-state index contributed by atoms with van der Waals surface area (Å²) in [6.07, 6.45) is 1.62. The number of aromatic nitrogens is 2. The Morgan fingerprint density at radius 1 is 1.03 bits per heavy atom. The molecule has 0 unspecified atom stereocenters. The van der Waals surface area contributed by atoms with Crippen molar-refractivity contribution in [2.45, 2.75) is 25.9 Å². The maximum absolute atomic E-state index is 13.2. The van der Waals surface area contributed by atoms with Crippen LogP contribution in [0.4, 0.5) is 10.1 Å². The zero-order chi connectivity index (χ0) is 24.2. The SMILES string of the molecule is C[C@@H](NC(=O)[C@H](C)N1CCN(c2cnn(-c3ccccc3)c(=O)c2Cl)CC1)c1ccc(F)cc1. The molecule has 1 aliphatic heterocycles. The first-order chi connectivity index (χ1) is 16.3. The molecule has 3 aromatic rings. The number of carbonyl (C=O) groups excluding carboxylic acids is 1. The molecule has 34 heavy (non-hydrogen) atoms. The third kappa shape index (κ3) is 5.13. The van der Waals surface area contributed by atoms with E-state index in [0.29, 0.717) is 37.6 Å². The summed E-state index contributed by atoms with van der Waals surface area (Å²) in [5, 5.41) is 7.44. The van der Waals surface area contributed by atoms with E-state index < -0.39 is 0 Å². The highest BCUT2D eigenvalue weighted by Gasteiger charge is 2.28. The van der Waals surface area contributed by atoms with Crippen molar-refractivity contribution >= 4 is 23.2 Å². The smallest absolute Gasteiger partial charge is 0.292 e. The van der Waals surface area contributed by atoms with E-state index in [1.54, 1.807) is 30.5 Å². The minimum Gasteiger partial charge on any atom is -0.366 e. The topological polar surface area (TPSA) is 70.5 Å². The number of halogens is 2. The van der Waals surface area contributed by atoms with Crippen LogP contribution in [0.1, 0.15) is 25.5 Å². The normalized spacial score (nSPS) is 16.2. The largest absolute Gasteiger partial charge is 0.366 e. The Morgan fingerprint density at radius 3 is 2.32 bits per heavy atom. The van der Waals surface area contributed by atoms with E-state index in [-0.39, 0.29) is 34.4 Å². The van der Waals surface area contributed by atoms with Crippen molar-refractivity contribution in [3.8, 4) is 5.69 Å². The number of nitrogens with one attached hydrogen (secondary N) is 1. The van der Waals surface area contributed by atoms with Gasteiger partial charge in [-0.05, 0) is 43.7 Å². The molecule has 178 valence electrons. The lowest BCUT2D eigenvalue weighted by Gasteiger charge is -2.38. The first-order valence-corrected chi connectivity index (χ1v) is 11.6. The van der Waals surface area contributed by atoms with Gasteiger partial charge in [-0.15, -0.1) is 0 Å². The summed E-state index contributed by atoms with van der Waals surface area (Å²) in [5.41, 5.74) is 1.73. The van der Waals surface area contributed by atoms with Gasteiger partial charge in [-0.1, -0.05) is 41.9 Å². The fourth-order valence-electron chi connectivity index (χ4n) is 4.08. The van der Waals surface area contributed by atoms with Crippen molar-refractivity contribution in [3.05, 3.63) is 87.6 Å². The van der Waals surface area contributed by atoms with Crippen LogP contribution in [0, 0.1) is 5.82 Å². The van der Waals surface area contributed by atoms with E-state index in [4.69, 9.17) is 11.6 Å². The van der Waals surface area contributed by atoms with Gasteiger partial charge < -0.3 is 10.2 Å². The number of rotatable bonds is 6. The minimum absolute atomic E-state index is 0.0876. The minimum atomic E-state index is -0.365. The summed E-state index contributed by atoms with van der Waals surface area (Å²) in [7, 11) is 0. The summed E-state index contributed by atoms with van der Waals surface area (Å²) in [6.45, 7) is 6.25. The fourth-order valence-corrected chi connectivity index (χ4v) is 4.33. The van der Waals surface area contributed by atoms with Gasteiger partial charge in [0.15, 0.2) is 0 Å². The van der Waals surface area contributed by atoms with Crippen LogP contribution in [0.3, 0.4) is 0 Å². The number of amides is 1. The maximum Gasteiger partial charge on any atom is 0.292 e. The maximum atomic E-state index is 13.2. The van der Waals surface area contributed by atoms with Crippen LogP contribution in [0.25, 0.3) is 5.69 Å². The average Bonchev–Trinajstić information content (AvgIpc) is 2.86. The van der Waals surface area contributed by atoms with Gasteiger partial charge in [0.1, 0.15) is 10.8 Å². The van der Waals surface area contributed by atoms with Crippen molar-refractivity contribution in [2.75, 3.05) is 31.1 Å². The first-order valence-electron chi connectivity index (χ1n) is 11.2. The third-order valence-electron chi connectivity index (χ3n) is 6.21. The summed E-state index contributed by atoms with van der Waals surface area (Å²) in [5.74, 6) is -0.392. The molecule has 4 rings (SSSR count). The summed E-state index contributed by atoms with van der Waals surface area (Å²) >= 11 is 6.44. The lowest BCUT2D eigenvalue weighted by atomic mass is 10.1. The second kappa shape index (κ2) is 10.4. The monoisotopic (exact) mass is 483 g/mol. The zero-order valence-corrected chi connectivity index (χ0v) is 19.9. The van der Waals surface area contributed by atoms with E-state index in [0.717, 1.165) is 5.56 Å². The Kier molecular flexibility index (Phi) is 7.29. The Balaban J connectivity index is 1.37. The third-order valence-corrected chi connectivity index (χ3v) is 6.57. The molecule has 7 nitrogen and oxygen atoms in total. The van der Waals surface area contributed by atoms with Crippen LogP contribution < -0.4 is 15.8 Å². The van der Waals surface area contributed by atoms with Gasteiger partial charge >= 0.3 is 0 Å². The number of para-hydroxylation sites is 1. The van der Waals surface area contributed by atoms with Crippen LogP contribution in [0.2, 0.25) is 5.02 Å². The average molecular weight is 484 g/mol.